The summed E-state index contributed by atoms with van der Waals surface area (Å²) in [5.74, 6) is -0.302. The topological polar surface area (TPSA) is 33.0 Å². The highest BCUT2D eigenvalue weighted by Crippen LogP contribution is 2.36. The van der Waals surface area contributed by atoms with E-state index in [0.717, 1.165) is 18.2 Å². The molecule has 0 aliphatic rings. The van der Waals surface area contributed by atoms with E-state index in [4.69, 9.17) is 10.00 Å². The van der Waals surface area contributed by atoms with Crippen LogP contribution in [0.2, 0.25) is 0 Å². The van der Waals surface area contributed by atoms with Gasteiger partial charge in [-0.3, -0.25) is 0 Å². The van der Waals surface area contributed by atoms with Gasteiger partial charge < -0.3 is 4.74 Å². The standard InChI is InChI=1S/C10H8F3NO/c1-2-15-9-5-7(6-14)3-4-8(9)10(11,12)13/h3-5H,2H2,1H3. The van der Waals surface area contributed by atoms with Crippen molar-refractivity contribution in [3.05, 3.63) is 29.3 Å². The Labute approximate surface area is 84.9 Å². The molecule has 0 atom stereocenters. The second-order valence-corrected chi connectivity index (χ2v) is 2.75. The van der Waals surface area contributed by atoms with E-state index < -0.39 is 11.7 Å². The summed E-state index contributed by atoms with van der Waals surface area (Å²) < 4.78 is 42.2. The lowest BCUT2D eigenvalue weighted by Crippen LogP contribution is -2.08. The smallest absolute Gasteiger partial charge is 0.419 e. The number of alkyl halides is 3. The summed E-state index contributed by atoms with van der Waals surface area (Å²) in [6.45, 7) is 1.71. The van der Waals surface area contributed by atoms with Crippen LogP contribution in [0.15, 0.2) is 18.2 Å². The molecular weight excluding hydrogens is 207 g/mol. The van der Waals surface area contributed by atoms with Crippen LogP contribution in [0.5, 0.6) is 5.75 Å². The van der Waals surface area contributed by atoms with Crippen molar-refractivity contribution in [1.82, 2.24) is 0 Å². The normalized spacial score (nSPS) is 10.9. The number of benzene rings is 1. The number of hydrogen-bond acceptors (Lipinski definition) is 2. The minimum absolute atomic E-state index is 0.123. The van der Waals surface area contributed by atoms with E-state index in [-0.39, 0.29) is 17.9 Å². The largest absolute Gasteiger partial charge is 0.493 e. The van der Waals surface area contributed by atoms with Gasteiger partial charge >= 0.3 is 6.18 Å². The highest BCUT2D eigenvalue weighted by molar-refractivity contribution is 5.43. The lowest BCUT2D eigenvalue weighted by atomic mass is 10.1. The van der Waals surface area contributed by atoms with Crippen LogP contribution in [-0.4, -0.2) is 6.61 Å². The molecule has 0 fully saturated rings. The average molecular weight is 215 g/mol. The van der Waals surface area contributed by atoms with Gasteiger partial charge in [0.25, 0.3) is 0 Å². The summed E-state index contributed by atoms with van der Waals surface area (Å²) in [4.78, 5) is 0. The van der Waals surface area contributed by atoms with E-state index in [2.05, 4.69) is 0 Å². The molecule has 1 rings (SSSR count). The fraction of sp³-hybridized carbons (Fsp3) is 0.300. The van der Waals surface area contributed by atoms with Crippen molar-refractivity contribution >= 4 is 0 Å². The van der Waals surface area contributed by atoms with Crippen LogP contribution in [0.4, 0.5) is 13.2 Å². The molecule has 0 aromatic heterocycles. The maximum atomic E-state index is 12.4. The van der Waals surface area contributed by atoms with Crippen molar-refractivity contribution in [1.29, 1.82) is 5.26 Å². The zero-order chi connectivity index (χ0) is 11.5. The number of nitriles is 1. The van der Waals surface area contributed by atoms with Gasteiger partial charge in [0.2, 0.25) is 0 Å². The second-order valence-electron chi connectivity index (χ2n) is 2.75. The predicted octanol–water partition coefficient (Wildman–Crippen LogP) is 2.98. The van der Waals surface area contributed by atoms with E-state index in [9.17, 15) is 13.2 Å². The minimum atomic E-state index is -4.46. The first-order valence-corrected chi connectivity index (χ1v) is 4.23. The van der Waals surface area contributed by atoms with Gasteiger partial charge in [0.1, 0.15) is 5.75 Å². The summed E-state index contributed by atoms with van der Waals surface area (Å²) in [6, 6.07) is 4.81. The zero-order valence-corrected chi connectivity index (χ0v) is 7.93. The van der Waals surface area contributed by atoms with Crippen LogP contribution in [0.3, 0.4) is 0 Å². The van der Waals surface area contributed by atoms with E-state index in [1.807, 2.05) is 0 Å². The number of nitrogens with zero attached hydrogens (tertiary/aromatic N) is 1. The summed E-state index contributed by atoms with van der Waals surface area (Å²) in [6.07, 6.45) is -4.46. The maximum Gasteiger partial charge on any atom is 0.419 e. The first-order chi connectivity index (χ1) is 6.99. The molecule has 15 heavy (non-hydrogen) atoms. The molecule has 0 radical (unpaired) electrons. The van der Waals surface area contributed by atoms with Crippen molar-refractivity contribution < 1.29 is 17.9 Å². The Balaban J connectivity index is 3.22. The Morgan fingerprint density at radius 3 is 2.53 bits per heavy atom. The lowest BCUT2D eigenvalue weighted by Gasteiger charge is -2.12. The van der Waals surface area contributed by atoms with Crippen LogP contribution >= 0.6 is 0 Å². The Hall–Kier alpha value is -1.70. The van der Waals surface area contributed by atoms with Gasteiger partial charge in [-0.05, 0) is 25.1 Å². The maximum absolute atomic E-state index is 12.4. The van der Waals surface area contributed by atoms with Gasteiger partial charge in [-0.15, -0.1) is 0 Å². The van der Waals surface area contributed by atoms with Gasteiger partial charge in [-0.1, -0.05) is 0 Å². The molecule has 0 aliphatic carbocycles. The van der Waals surface area contributed by atoms with Crippen LogP contribution in [0.25, 0.3) is 0 Å². The number of halogens is 3. The highest BCUT2D eigenvalue weighted by Gasteiger charge is 2.34. The van der Waals surface area contributed by atoms with Crippen molar-refractivity contribution in [3.63, 3.8) is 0 Å². The third-order valence-electron chi connectivity index (χ3n) is 1.72. The molecule has 0 bridgehead atoms. The van der Waals surface area contributed by atoms with Crippen LogP contribution in [0, 0.1) is 11.3 Å². The van der Waals surface area contributed by atoms with Crippen molar-refractivity contribution in [2.75, 3.05) is 6.61 Å². The van der Waals surface area contributed by atoms with E-state index >= 15 is 0 Å². The SMILES string of the molecule is CCOc1cc(C#N)ccc1C(F)(F)F. The number of ether oxygens (including phenoxy) is 1. The van der Waals surface area contributed by atoms with E-state index in [1.165, 1.54) is 0 Å². The molecule has 0 saturated carbocycles. The van der Waals surface area contributed by atoms with Gasteiger partial charge in [-0.2, -0.15) is 18.4 Å². The third-order valence-corrected chi connectivity index (χ3v) is 1.72. The first kappa shape index (κ1) is 11.4. The zero-order valence-electron chi connectivity index (χ0n) is 7.93. The molecular formula is C10H8F3NO. The predicted molar refractivity (Wildman–Crippen MR) is 47.3 cm³/mol. The fourth-order valence-corrected chi connectivity index (χ4v) is 1.10. The van der Waals surface area contributed by atoms with Crippen molar-refractivity contribution in [2.24, 2.45) is 0 Å². The van der Waals surface area contributed by atoms with Gasteiger partial charge in [0.15, 0.2) is 0 Å². The van der Waals surface area contributed by atoms with Gasteiger partial charge in [-0.25, -0.2) is 0 Å². The molecule has 0 aliphatic heterocycles. The van der Waals surface area contributed by atoms with Crippen molar-refractivity contribution in [3.8, 4) is 11.8 Å². The number of rotatable bonds is 2. The summed E-state index contributed by atoms with van der Waals surface area (Å²) in [5, 5.41) is 8.54. The molecule has 1 aromatic rings. The molecule has 5 heteroatoms. The van der Waals surface area contributed by atoms with E-state index in [0.29, 0.717) is 0 Å². The summed E-state index contributed by atoms with van der Waals surface area (Å²) >= 11 is 0. The van der Waals surface area contributed by atoms with Gasteiger partial charge in [0, 0.05) is 0 Å². The first-order valence-electron chi connectivity index (χ1n) is 4.23. The molecule has 1 aromatic carbocycles. The third kappa shape index (κ3) is 2.62. The molecule has 0 unspecified atom stereocenters. The highest BCUT2D eigenvalue weighted by atomic mass is 19.4. The fourth-order valence-electron chi connectivity index (χ4n) is 1.10. The quantitative estimate of drug-likeness (QED) is 0.759. The lowest BCUT2D eigenvalue weighted by molar-refractivity contribution is -0.138. The van der Waals surface area contributed by atoms with Crippen LogP contribution in [0.1, 0.15) is 18.1 Å². The molecule has 0 heterocycles. The Morgan fingerprint density at radius 1 is 1.40 bits per heavy atom. The Bertz CT molecular complexity index is 393. The monoisotopic (exact) mass is 215 g/mol. The number of hydrogen-bond donors (Lipinski definition) is 0. The average Bonchev–Trinajstić information content (AvgIpc) is 2.16. The summed E-state index contributed by atoms with van der Waals surface area (Å²) in [7, 11) is 0. The molecule has 0 N–H and O–H groups in total. The molecule has 0 amide bonds. The second kappa shape index (κ2) is 4.22. The molecule has 0 spiro atoms. The Kier molecular flexibility index (Phi) is 3.20. The molecule has 0 saturated heterocycles. The Morgan fingerprint density at radius 2 is 2.07 bits per heavy atom. The van der Waals surface area contributed by atoms with E-state index in [1.54, 1.807) is 13.0 Å². The van der Waals surface area contributed by atoms with Crippen molar-refractivity contribution in [2.45, 2.75) is 13.1 Å². The van der Waals surface area contributed by atoms with Gasteiger partial charge in [0.05, 0.1) is 23.8 Å². The molecule has 2 nitrogen and oxygen atoms in total. The molecule has 80 valence electrons. The van der Waals surface area contributed by atoms with Crippen LogP contribution < -0.4 is 4.74 Å². The minimum Gasteiger partial charge on any atom is -0.493 e. The van der Waals surface area contributed by atoms with Crippen LogP contribution in [-0.2, 0) is 6.18 Å². The summed E-state index contributed by atoms with van der Waals surface area (Å²) in [5.41, 5.74) is -0.713.